The maximum atomic E-state index is 11.7. The largest absolute Gasteiger partial charge is 0.299 e. The Morgan fingerprint density at radius 1 is 1.06 bits per heavy atom. The van der Waals surface area contributed by atoms with E-state index < -0.39 is 0 Å². The molecule has 1 unspecified atom stereocenters. The molecule has 1 aliphatic carbocycles. The van der Waals surface area contributed by atoms with Crippen LogP contribution in [0.15, 0.2) is 34.9 Å². The molecule has 0 aromatic carbocycles. The summed E-state index contributed by atoms with van der Waals surface area (Å²) >= 11 is 0. The van der Waals surface area contributed by atoms with Crippen LogP contribution in [0.1, 0.15) is 59.8 Å². The molecule has 1 atom stereocenters. The van der Waals surface area contributed by atoms with Gasteiger partial charge in [-0.1, -0.05) is 34.9 Å². The molecule has 18 heavy (non-hydrogen) atoms. The zero-order valence-electron chi connectivity index (χ0n) is 12.3. The third-order valence-corrected chi connectivity index (χ3v) is 3.81. The second kappa shape index (κ2) is 7.35. The fourth-order valence-electron chi connectivity index (χ4n) is 2.46. The van der Waals surface area contributed by atoms with Gasteiger partial charge in [0.1, 0.15) is 5.78 Å². The van der Waals surface area contributed by atoms with Crippen LogP contribution in [-0.4, -0.2) is 5.78 Å². The van der Waals surface area contributed by atoms with E-state index in [0.29, 0.717) is 5.78 Å². The zero-order valence-corrected chi connectivity index (χ0v) is 12.3. The molecule has 1 nitrogen and oxygen atoms in total. The molecular formula is C17H26O. The van der Waals surface area contributed by atoms with Crippen LogP contribution in [-0.2, 0) is 4.79 Å². The van der Waals surface area contributed by atoms with E-state index in [9.17, 15) is 4.79 Å². The molecule has 0 radical (unpaired) electrons. The Morgan fingerprint density at radius 2 is 1.67 bits per heavy atom. The van der Waals surface area contributed by atoms with Crippen LogP contribution >= 0.6 is 0 Å². The molecule has 1 rings (SSSR count). The van der Waals surface area contributed by atoms with E-state index in [2.05, 4.69) is 39.0 Å². The molecule has 0 saturated heterocycles. The SMILES string of the molecule is CC(=O)C1CC/C(C)=C\C/C=C(/C)CC/C=C\1C. The highest BCUT2D eigenvalue weighted by molar-refractivity contribution is 5.81. The number of allylic oxidation sites excluding steroid dienone is 6. The predicted octanol–water partition coefficient (Wildman–Crippen LogP) is 4.99. The Labute approximate surface area is 112 Å². The van der Waals surface area contributed by atoms with Crippen molar-refractivity contribution in [3.8, 4) is 0 Å². The number of carbonyl (C=O) groups excluding carboxylic acids is 1. The smallest absolute Gasteiger partial charge is 0.136 e. The summed E-state index contributed by atoms with van der Waals surface area (Å²) in [6.45, 7) is 8.19. The molecule has 0 N–H and O–H groups in total. The van der Waals surface area contributed by atoms with Gasteiger partial charge in [0.2, 0.25) is 0 Å². The minimum atomic E-state index is 0.122. The standard InChI is InChI=1S/C17H26O/c1-13-7-5-8-14(2)11-12-17(16(4)18)15(3)10-6-9-13/h7-8,10,17H,5-6,9,11-12H2,1-4H3/b13-7-,14-8-,15-10-. The number of rotatable bonds is 1. The van der Waals surface area contributed by atoms with Crippen LogP contribution in [0.5, 0.6) is 0 Å². The van der Waals surface area contributed by atoms with E-state index in [1.165, 1.54) is 16.7 Å². The fraction of sp³-hybridized carbons (Fsp3) is 0.588. The molecule has 0 fully saturated rings. The van der Waals surface area contributed by atoms with Crippen molar-refractivity contribution in [2.45, 2.75) is 59.8 Å². The fourth-order valence-corrected chi connectivity index (χ4v) is 2.46. The minimum Gasteiger partial charge on any atom is -0.299 e. The first-order chi connectivity index (χ1) is 8.50. The van der Waals surface area contributed by atoms with Gasteiger partial charge in [-0.05, 0) is 59.8 Å². The lowest BCUT2D eigenvalue weighted by molar-refractivity contribution is -0.119. The lowest BCUT2D eigenvalue weighted by atomic mass is 9.88. The third kappa shape index (κ3) is 5.03. The number of Topliss-reactive ketones (excluding diaryl/α,β-unsaturated/α-hetero) is 1. The Morgan fingerprint density at radius 3 is 2.28 bits per heavy atom. The summed E-state index contributed by atoms with van der Waals surface area (Å²) in [6, 6.07) is 0. The predicted molar refractivity (Wildman–Crippen MR) is 78.5 cm³/mol. The van der Waals surface area contributed by atoms with Crippen LogP contribution in [0.4, 0.5) is 0 Å². The summed E-state index contributed by atoms with van der Waals surface area (Å²) in [6.07, 6.45) is 12.0. The zero-order chi connectivity index (χ0) is 13.5. The van der Waals surface area contributed by atoms with E-state index in [4.69, 9.17) is 0 Å². The molecular weight excluding hydrogens is 220 g/mol. The molecule has 0 bridgehead atoms. The van der Waals surface area contributed by atoms with Crippen molar-refractivity contribution in [2.75, 3.05) is 0 Å². The first-order valence-electron chi connectivity index (χ1n) is 6.99. The van der Waals surface area contributed by atoms with Crippen LogP contribution in [0.25, 0.3) is 0 Å². The molecule has 0 saturated carbocycles. The monoisotopic (exact) mass is 246 g/mol. The Bertz CT molecular complexity index is 382. The van der Waals surface area contributed by atoms with Crippen molar-refractivity contribution in [1.82, 2.24) is 0 Å². The second-order valence-electron chi connectivity index (χ2n) is 5.53. The van der Waals surface area contributed by atoms with E-state index in [1.807, 2.05) is 0 Å². The molecule has 0 aromatic rings. The third-order valence-electron chi connectivity index (χ3n) is 3.81. The van der Waals surface area contributed by atoms with E-state index >= 15 is 0 Å². The first kappa shape index (κ1) is 14.9. The summed E-state index contributed by atoms with van der Waals surface area (Å²) in [5.74, 6) is 0.429. The number of ketones is 1. The summed E-state index contributed by atoms with van der Waals surface area (Å²) in [7, 11) is 0. The van der Waals surface area contributed by atoms with Crippen LogP contribution in [0.2, 0.25) is 0 Å². The van der Waals surface area contributed by atoms with Crippen molar-refractivity contribution >= 4 is 5.78 Å². The highest BCUT2D eigenvalue weighted by Gasteiger charge is 2.15. The lowest BCUT2D eigenvalue weighted by Crippen LogP contribution is -2.12. The second-order valence-corrected chi connectivity index (χ2v) is 5.53. The molecule has 0 spiro atoms. The van der Waals surface area contributed by atoms with Crippen molar-refractivity contribution in [3.05, 3.63) is 34.9 Å². The summed E-state index contributed by atoms with van der Waals surface area (Å²) in [5.41, 5.74) is 4.10. The van der Waals surface area contributed by atoms with E-state index in [0.717, 1.165) is 32.1 Å². The van der Waals surface area contributed by atoms with Gasteiger partial charge in [-0.3, -0.25) is 4.79 Å². The molecule has 0 aromatic heterocycles. The highest BCUT2D eigenvalue weighted by Crippen LogP contribution is 2.23. The van der Waals surface area contributed by atoms with Gasteiger partial charge in [-0.2, -0.15) is 0 Å². The maximum Gasteiger partial charge on any atom is 0.136 e. The minimum absolute atomic E-state index is 0.122. The molecule has 0 heterocycles. The van der Waals surface area contributed by atoms with Crippen molar-refractivity contribution in [2.24, 2.45) is 5.92 Å². The average molecular weight is 246 g/mol. The first-order valence-corrected chi connectivity index (χ1v) is 6.99. The van der Waals surface area contributed by atoms with Crippen molar-refractivity contribution in [3.63, 3.8) is 0 Å². The molecule has 1 heteroatoms. The van der Waals surface area contributed by atoms with Gasteiger partial charge >= 0.3 is 0 Å². The van der Waals surface area contributed by atoms with Gasteiger partial charge in [0.05, 0.1) is 0 Å². The summed E-state index contributed by atoms with van der Waals surface area (Å²) in [4.78, 5) is 11.7. The Hall–Kier alpha value is -1.11. The summed E-state index contributed by atoms with van der Waals surface area (Å²) < 4.78 is 0. The van der Waals surface area contributed by atoms with Gasteiger partial charge in [0.25, 0.3) is 0 Å². The topological polar surface area (TPSA) is 17.1 Å². The van der Waals surface area contributed by atoms with E-state index in [1.54, 1.807) is 6.92 Å². The van der Waals surface area contributed by atoms with Gasteiger partial charge < -0.3 is 0 Å². The summed E-state index contributed by atoms with van der Waals surface area (Å²) in [5, 5.41) is 0. The van der Waals surface area contributed by atoms with Crippen LogP contribution in [0, 0.1) is 5.92 Å². The van der Waals surface area contributed by atoms with Crippen molar-refractivity contribution in [1.29, 1.82) is 0 Å². The Kier molecular flexibility index (Phi) is 6.11. The highest BCUT2D eigenvalue weighted by atomic mass is 16.1. The van der Waals surface area contributed by atoms with Crippen LogP contribution in [0.3, 0.4) is 0 Å². The Balaban J connectivity index is 2.87. The quantitative estimate of drug-likeness (QED) is 0.595. The molecule has 1 aliphatic rings. The van der Waals surface area contributed by atoms with Crippen LogP contribution < -0.4 is 0 Å². The van der Waals surface area contributed by atoms with Gasteiger partial charge in [-0.15, -0.1) is 0 Å². The maximum absolute atomic E-state index is 11.7. The average Bonchev–Trinajstić information content (AvgIpc) is 2.27. The van der Waals surface area contributed by atoms with Gasteiger partial charge in [0.15, 0.2) is 0 Å². The van der Waals surface area contributed by atoms with E-state index in [-0.39, 0.29) is 5.92 Å². The number of hydrogen-bond acceptors (Lipinski definition) is 1. The van der Waals surface area contributed by atoms with Gasteiger partial charge in [-0.25, -0.2) is 0 Å². The van der Waals surface area contributed by atoms with Crippen molar-refractivity contribution < 1.29 is 4.79 Å². The normalized spacial score (nSPS) is 31.8. The lowest BCUT2D eigenvalue weighted by Gasteiger charge is -2.15. The molecule has 0 amide bonds. The molecule has 0 aliphatic heterocycles. The number of hydrogen-bond donors (Lipinski definition) is 0. The number of carbonyl (C=O) groups is 1. The molecule has 100 valence electrons. The van der Waals surface area contributed by atoms with Gasteiger partial charge in [0, 0.05) is 5.92 Å².